The van der Waals surface area contributed by atoms with Gasteiger partial charge in [0, 0.05) is 17.5 Å². The van der Waals surface area contributed by atoms with Crippen molar-refractivity contribution < 1.29 is 44.3 Å². The molecule has 0 aliphatic rings. The number of hydrogen-bond acceptors (Lipinski definition) is 9. The summed E-state index contributed by atoms with van der Waals surface area (Å²) in [4.78, 5) is 0. The maximum atomic E-state index is 13.3. The van der Waals surface area contributed by atoms with Crippen LogP contribution in [0.3, 0.4) is 0 Å². The Morgan fingerprint density at radius 2 is 1.56 bits per heavy atom. The molecule has 2 aromatic carbocycles. The van der Waals surface area contributed by atoms with E-state index in [1.165, 1.54) is 5.56 Å². The molecule has 0 spiro atoms. The second kappa shape index (κ2) is 23.9. The zero-order valence-electron chi connectivity index (χ0n) is 26.5. The van der Waals surface area contributed by atoms with Crippen LogP contribution in [0, 0.1) is 28.1 Å². The third kappa shape index (κ3) is 18.2. The summed E-state index contributed by atoms with van der Waals surface area (Å²) in [6.07, 6.45) is 2.52. The number of phosphoric ester groups is 1. The van der Waals surface area contributed by atoms with Gasteiger partial charge in [0.2, 0.25) is 0 Å². The van der Waals surface area contributed by atoms with E-state index >= 15 is 0 Å². The van der Waals surface area contributed by atoms with E-state index in [0.29, 0.717) is 19.4 Å². The topological polar surface area (TPSA) is 114 Å². The molecule has 0 bridgehead atoms. The number of nitriles is 2. The Morgan fingerprint density at radius 3 is 2.07 bits per heavy atom. The molecule has 0 aromatic heterocycles. The smallest absolute Gasteiger partial charge is 0.321 e. The SMILES string of the molecule is CCC(C)(COP(OCCC#N)N(C(C)C)C(C)C)COP(=O)(OCCC#N)OCCCc1ccc[cH-]1.[Fe+2].c1cc[cH-]c1. The van der Waals surface area contributed by atoms with Gasteiger partial charge in [-0.15, -0.1) is 0 Å². The molecule has 3 atom stereocenters. The minimum Gasteiger partial charge on any atom is -0.321 e. The summed E-state index contributed by atoms with van der Waals surface area (Å²) in [5, 5.41) is 17.8. The molecule has 0 radical (unpaired) electrons. The molecule has 0 aliphatic heterocycles. The number of rotatable bonds is 21. The number of phosphoric acid groups is 1. The molecule has 242 valence electrons. The van der Waals surface area contributed by atoms with Gasteiger partial charge in [0.15, 0.2) is 0 Å². The van der Waals surface area contributed by atoms with Crippen LogP contribution in [-0.2, 0) is 50.7 Å². The summed E-state index contributed by atoms with van der Waals surface area (Å²) < 4.78 is 44.6. The van der Waals surface area contributed by atoms with Crippen molar-refractivity contribution in [1.29, 1.82) is 10.5 Å². The van der Waals surface area contributed by atoms with Crippen molar-refractivity contribution in [3.8, 4) is 12.1 Å². The first-order valence-electron chi connectivity index (χ1n) is 14.6. The van der Waals surface area contributed by atoms with E-state index in [2.05, 4.69) is 38.4 Å². The second-order valence-corrected chi connectivity index (χ2v) is 13.8. The van der Waals surface area contributed by atoms with Crippen molar-refractivity contribution in [1.82, 2.24) is 4.67 Å². The van der Waals surface area contributed by atoms with Crippen LogP contribution < -0.4 is 0 Å². The fraction of sp³-hybridized carbons (Fsp3) is 0.613. The van der Waals surface area contributed by atoms with E-state index in [4.69, 9.17) is 33.1 Å². The fourth-order valence-electron chi connectivity index (χ4n) is 3.67. The van der Waals surface area contributed by atoms with E-state index in [1.54, 1.807) is 0 Å². The quantitative estimate of drug-likeness (QED) is 0.0555. The average Bonchev–Trinajstić information content (AvgIpc) is 3.71. The van der Waals surface area contributed by atoms with Gasteiger partial charge in [-0.1, -0.05) is 13.8 Å². The largest absolute Gasteiger partial charge is 2.00 e. The molecule has 0 heterocycles. The molecule has 0 N–H and O–H groups in total. The summed E-state index contributed by atoms with van der Waals surface area (Å²) in [5.74, 6) is 0. The van der Waals surface area contributed by atoms with Gasteiger partial charge in [0.05, 0.1) is 58.0 Å². The van der Waals surface area contributed by atoms with Crippen LogP contribution in [0.1, 0.15) is 72.8 Å². The maximum Gasteiger partial charge on any atom is 2.00 e. The van der Waals surface area contributed by atoms with Crippen LogP contribution >= 0.6 is 16.3 Å². The predicted octanol–water partition coefficient (Wildman–Crippen LogP) is 8.52. The Bertz CT molecular complexity index is 1030. The van der Waals surface area contributed by atoms with Crippen molar-refractivity contribution in [3.05, 3.63) is 60.2 Å². The first-order chi connectivity index (χ1) is 20.1. The average molecular weight is 678 g/mol. The summed E-state index contributed by atoms with van der Waals surface area (Å²) in [6, 6.07) is 22.5. The third-order valence-corrected chi connectivity index (χ3v) is 9.72. The van der Waals surface area contributed by atoms with Gasteiger partial charge in [-0.05, 0) is 47.0 Å². The van der Waals surface area contributed by atoms with E-state index in [9.17, 15) is 4.57 Å². The van der Waals surface area contributed by atoms with Crippen LogP contribution in [0.2, 0.25) is 0 Å². The molecule has 0 saturated carbocycles. The minimum atomic E-state index is -3.86. The first-order valence-corrected chi connectivity index (χ1v) is 17.2. The van der Waals surface area contributed by atoms with Crippen LogP contribution in [0.15, 0.2) is 54.6 Å². The van der Waals surface area contributed by atoms with Crippen LogP contribution in [-0.4, -0.2) is 49.8 Å². The van der Waals surface area contributed by atoms with Crippen molar-refractivity contribution in [3.63, 3.8) is 0 Å². The molecule has 9 nitrogen and oxygen atoms in total. The van der Waals surface area contributed by atoms with Gasteiger partial charge in [-0.3, -0.25) is 13.6 Å². The second-order valence-electron chi connectivity index (χ2n) is 10.6. The van der Waals surface area contributed by atoms with Crippen molar-refractivity contribution in [2.45, 2.75) is 85.7 Å². The normalized spacial score (nSPS) is 14.6. The summed E-state index contributed by atoms with van der Waals surface area (Å²) in [7, 11) is -5.27. The summed E-state index contributed by atoms with van der Waals surface area (Å²) >= 11 is 0. The van der Waals surface area contributed by atoms with E-state index < -0.39 is 21.8 Å². The molecule has 3 unspecified atom stereocenters. The molecule has 0 amide bonds. The minimum absolute atomic E-state index is 0. The molecule has 0 fully saturated rings. The number of aryl methyl sites for hydroxylation is 1. The summed E-state index contributed by atoms with van der Waals surface area (Å²) in [5.41, 5.74) is 0.692. The van der Waals surface area contributed by atoms with Gasteiger partial charge in [-0.25, -0.2) is 33.5 Å². The third-order valence-electron chi connectivity index (χ3n) is 6.22. The van der Waals surface area contributed by atoms with Gasteiger partial charge >= 0.3 is 24.9 Å². The van der Waals surface area contributed by atoms with Crippen LogP contribution in [0.5, 0.6) is 0 Å². The Hall–Kier alpha value is -1.38. The Morgan fingerprint density at radius 1 is 0.930 bits per heavy atom. The van der Waals surface area contributed by atoms with Gasteiger partial charge in [0.25, 0.3) is 8.53 Å². The molecular weight excluding hydrogens is 628 g/mol. The molecular formula is C31H49FeN3O6P2. The van der Waals surface area contributed by atoms with E-state index in [-0.39, 0.29) is 68.4 Å². The molecule has 0 aliphatic carbocycles. The Kier molecular flexibility index (Phi) is 23.2. The predicted molar refractivity (Wildman–Crippen MR) is 168 cm³/mol. The van der Waals surface area contributed by atoms with Gasteiger partial charge < -0.3 is 9.05 Å². The Balaban J connectivity index is 0.00000265. The van der Waals surface area contributed by atoms with Crippen LogP contribution in [0.4, 0.5) is 0 Å². The van der Waals surface area contributed by atoms with E-state index in [1.807, 2.05) is 74.5 Å². The van der Waals surface area contributed by atoms with Crippen molar-refractivity contribution in [2.75, 3.05) is 33.0 Å². The molecule has 0 saturated heterocycles. The maximum absolute atomic E-state index is 13.3. The standard InChI is InChI=1S/C26H44N3O6P2.C5H5.Fe/c1-7-26(6,21-32-36(31-18-11-16-27)29(23(2)3)24(4)5)22-35-37(30,34-20-12-17-28)33-19-10-15-25-13-8-9-14-25;1-2-4-5-3-1;/h8-9,13-14,23-24H,7,10-12,15,18-22H2,1-6H3;1-5H;/q2*-1;+2. The van der Waals surface area contributed by atoms with Crippen LogP contribution in [0.25, 0.3) is 0 Å². The zero-order chi connectivity index (χ0) is 31.3. The van der Waals surface area contributed by atoms with Crippen molar-refractivity contribution in [2.24, 2.45) is 5.41 Å². The van der Waals surface area contributed by atoms with Gasteiger partial charge in [0.1, 0.15) is 0 Å². The Labute approximate surface area is 271 Å². The number of nitrogens with zero attached hydrogens (tertiary/aromatic N) is 3. The monoisotopic (exact) mass is 677 g/mol. The number of hydrogen-bond donors (Lipinski definition) is 0. The summed E-state index contributed by atoms with van der Waals surface area (Å²) in [6.45, 7) is 13.2. The fourth-order valence-corrected chi connectivity index (χ4v) is 6.80. The molecule has 2 aromatic rings. The molecule has 2 rings (SSSR count). The van der Waals surface area contributed by atoms with E-state index in [0.717, 1.165) is 6.42 Å². The van der Waals surface area contributed by atoms with Gasteiger partial charge in [-0.2, -0.15) is 46.4 Å². The van der Waals surface area contributed by atoms with Crippen molar-refractivity contribution >= 4 is 16.3 Å². The zero-order valence-corrected chi connectivity index (χ0v) is 29.4. The first kappa shape index (κ1) is 41.6. The molecule has 12 heteroatoms. The molecule has 43 heavy (non-hydrogen) atoms.